The van der Waals surface area contributed by atoms with Crippen LogP contribution in [-0.4, -0.2) is 12.8 Å². The topological polar surface area (TPSA) is 59.6 Å². The number of rotatable bonds is 4. The van der Waals surface area contributed by atoms with Crippen molar-refractivity contribution in [2.24, 2.45) is 5.92 Å². The fourth-order valence-electron chi connectivity index (χ4n) is 2.60. The summed E-state index contributed by atoms with van der Waals surface area (Å²) in [6, 6.07) is 9.40. The first-order valence-electron chi connectivity index (χ1n) is 7.30. The lowest BCUT2D eigenvalue weighted by atomic mass is 10.1. The number of ether oxygens (including phenoxy) is 2. The van der Waals surface area contributed by atoms with Crippen LogP contribution in [0, 0.1) is 5.92 Å². The van der Waals surface area contributed by atoms with E-state index in [0.29, 0.717) is 23.1 Å². The molecule has 2 heterocycles. The van der Waals surface area contributed by atoms with Crippen LogP contribution in [0.1, 0.15) is 23.8 Å². The zero-order chi connectivity index (χ0) is 14.9. The fourth-order valence-corrected chi connectivity index (χ4v) is 3.47. The Morgan fingerprint density at radius 1 is 1.23 bits per heavy atom. The van der Waals surface area contributed by atoms with Crippen molar-refractivity contribution in [1.82, 2.24) is 5.32 Å². The van der Waals surface area contributed by atoms with Gasteiger partial charge in [0.25, 0.3) is 0 Å². The smallest absolute Gasteiger partial charge is 0.319 e. The van der Waals surface area contributed by atoms with E-state index in [1.165, 1.54) is 17.7 Å². The zero-order valence-corrected chi connectivity index (χ0v) is 12.7. The summed E-state index contributed by atoms with van der Waals surface area (Å²) in [4.78, 5) is 13.5. The number of anilines is 1. The first kappa shape index (κ1) is 13.5. The summed E-state index contributed by atoms with van der Waals surface area (Å²) in [5.41, 5.74) is 0.697. The maximum atomic E-state index is 12.3. The van der Waals surface area contributed by atoms with Crippen molar-refractivity contribution in [1.29, 1.82) is 0 Å². The van der Waals surface area contributed by atoms with Gasteiger partial charge in [-0.2, -0.15) is 0 Å². The van der Waals surface area contributed by atoms with Gasteiger partial charge in [0, 0.05) is 16.6 Å². The SMILES string of the molecule is O=C(Nc1ccc2c(c1)OCO2)N[C@H](c1cccs1)C1CC1. The second-order valence-electron chi connectivity index (χ2n) is 5.50. The van der Waals surface area contributed by atoms with Gasteiger partial charge in [0.2, 0.25) is 6.79 Å². The number of thiophene rings is 1. The standard InChI is InChI=1S/C16H16N2O3S/c19-16(17-11-5-6-12-13(8-11)21-9-20-12)18-15(10-3-4-10)14-2-1-7-22-14/h1-2,5-8,10,15H,3-4,9H2,(H2,17,18,19)/t15-/m0/s1. The third-order valence-corrected chi connectivity index (χ3v) is 4.82. The van der Waals surface area contributed by atoms with Crippen molar-refractivity contribution >= 4 is 23.1 Å². The Morgan fingerprint density at radius 2 is 2.09 bits per heavy atom. The summed E-state index contributed by atoms with van der Waals surface area (Å²) in [5.74, 6) is 1.93. The van der Waals surface area contributed by atoms with Crippen LogP contribution in [0.2, 0.25) is 0 Å². The quantitative estimate of drug-likeness (QED) is 0.903. The molecule has 1 aromatic heterocycles. The molecule has 1 saturated carbocycles. The predicted molar refractivity (Wildman–Crippen MR) is 84.5 cm³/mol. The van der Waals surface area contributed by atoms with Crippen molar-refractivity contribution in [2.75, 3.05) is 12.1 Å². The first-order chi connectivity index (χ1) is 10.8. The molecule has 1 aromatic carbocycles. The Hall–Kier alpha value is -2.21. The molecule has 1 aliphatic heterocycles. The molecule has 0 radical (unpaired) electrons. The second-order valence-corrected chi connectivity index (χ2v) is 6.48. The summed E-state index contributed by atoms with van der Waals surface area (Å²) in [6.07, 6.45) is 2.35. The normalized spacial score (nSPS) is 17.1. The molecular formula is C16H16N2O3S. The van der Waals surface area contributed by atoms with E-state index in [-0.39, 0.29) is 18.9 Å². The lowest BCUT2D eigenvalue weighted by Gasteiger charge is -2.17. The van der Waals surface area contributed by atoms with Crippen LogP contribution in [0.3, 0.4) is 0 Å². The van der Waals surface area contributed by atoms with E-state index in [2.05, 4.69) is 16.7 Å². The van der Waals surface area contributed by atoms with Crippen LogP contribution in [-0.2, 0) is 0 Å². The number of carbonyl (C=O) groups is 1. The minimum Gasteiger partial charge on any atom is -0.454 e. The molecule has 1 fully saturated rings. The van der Waals surface area contributed by atoms with Gasteiger partial charge in [-0.25, -0.2) is 4.79 Å². The number of fused-ring (bicyclic) bond motifs is 1. The second kappa shape index (κ2) is 5.53. The van der Waals surface area contributed by atoms with Gasteiger partial charge in [0.15, 0.2) is 11.5 Å². The highest BCUT2D eigenvalue weighted by Gasteiger charge is 2.34. The summed E-state index contributed by atoms with van der Waals surface area (Å²) in [6.45, 7) is 0.229. The van der Waals surface area contributed by atoms with Crippen molar-refractivity contribution in [3.05, 3.63) is 40.6 Å². The van der Waals surface area contributed by atoms with Crippen LogP contribution in [0.25, 0.3) is 0 Å². The van der Waals surface area contributed by atoms with Crippen molar-refractivity contribution in [3.8, 4) is 11.5 Å². The van der Waals surface area contributed by atoms with Gasteiger partial charge in [0.1, 0.15) is 0 Å². The zero-order valence-electron chi connectivity index (χ0n) is 11.9. The molecule has 1 atom stereocenters. The molecular weight excluding hydrogens is 300 g/mol. The number of benzene rings is 1. The summed E-state index contributed by atoms with van der Waals surface area (Å²) in [5, 5.41) is 8.00. The summed E-state index contributed by atoms with van der Waals surface area (Å²) >= 11 is 1.68. The van der Waals surface area contributed by atoms with Crippen molar-refractivity contribution in [3.63, 3.8) is 0 Å². The van der Waals surface area contributed by atoms with Gasteiger partial charge >= 0.3 is 6.03 Å². The third-order valence-electron chi connectivity index (χ3n) is 3.86. The van der Waals surface area contributed by atoms with Crippen LogP contribution in [0.15, 0.2) is 35.7 Å². The number of hydrogen-bond acceptors (Lipinski definition) is 4. The first-order valence-corrected chi connectivity index (χ1v) is 8.18. The molecule has 0 bridgehead atoms. The van der Waals surface area contributed by atoms with Crippen molar-refractivity contribution in [2.45, 2.75) is 18.9 Å². The van der Waals surface area contributed by atoms with Gasteiger partial charge in [-0.15, -0.1) is 11.3 Å². The minimum atomic E-state index is -0.191. The Morgan fingerprint density at radius 3 is 2.86 bits per heavy atom. The fraction of sp³-hybridized carbons (Fsp3) is 0.312. The van der Waals surface area contributed by atoms with E-state index in [9.17, 15) is 4.79 Å². The number of nitrogens with one attached hydrogen (secondary N) is 2. The van der Waals surface area contributed by atoms with Crippen molar-refractivity contribution < 1.29 is 14.3 Å². The molecule has 114 valence electrons. The largest absolute Gasteiger partial charge is 0.454 e. The summed E-state index contributed by atoms with van der Waals surface area (Å²) < 4.78 is 10.6. The lowest BCUT2D eigenvalue weighted by molar-refractivity contribution is 0.174. The lowest BCUT2D eigenvalue weighted by Crippen LogP contribution is -2.33. The van der Waals surface area contributed by atoms with Gasteiger partial charge in [0.05, 0.1) is 6.04 Å². The maximum absolute atomic E-state index is 12.3. The van der Waals surface area contributed by atoms with E-state index in [1.807, 2.05) is 17.5 Å². The average Bonchev–Trinajstić information content (AvgIpc) is 3.01. The molecule has 0 spiro atoms. The maximum Gasteiger partial charge on any atom is 0.319 e. The molecule has 4 rings (SSSR count). The Balaban J connectivity index is 1.43. The molecule has 2 amide bonds. The highest BCUT2D eigenvalue weighted by Crippen LogP contribution is 2.42. The number of urea groups is 1. The number of carbonyl (C=O) groups excluding carboxylic acids is 1. The molecule has 1 aliphatic carbocycles. The molecule has 5 nitrogen and oxygen atoms in total. The average molecular weight is 316 g/mol. The molecule has 0 saturated heterocycles. The predicted octanol–water partition coefficient (Wildman–Crippen LogP) is 3.75. The highest BCUT2D eigenvalue weighted by atomic mass is 32.1. The highest BCUT2D eigenvalue weighted by molar-refractivity contribution is 7.10. The van der Waals surface area contributed by atoms with Gasteiger partial charge in [-0.1, -0.05) is 6.07 Å². The number of hydrogen-bond donors (Lipinski definition) is 2. The Bertz CT molecular complexity index is 683. The Labute approximate surface area is 132 Å². The van der Waals surface area contributed by atoms with Gasteiger partial charge in [-0.05, 0) is 42.3 Å². The molecule has 2 aliphatic rings. The molecule has 2 aromatic rings. The van der Waals surface area contributed by atoms with Gasteiger partial charge < -0.3 is 20.1 Å². The monoisotopic (exact) mass is 316 g/mol. The van der Waals surface area contributed by atoms with E-state index in [4.69, 9.17) is 9.47 Å². The van der Waals surface area contributed by atoms with E-state index < -0.39 is 0 Å². The third kappa shape index (κ3) is 2.74. The summed E-state index contributed by atoms with van der Waals surface area (Å²) in [7, 11) is 0. The number of amides is 2. The van der Waals surface area contributed by atoms with Gasteiger partial charge in [-0.3, -0.25) is 0 Å². The van der Waals surface area contributed by atoms with E-state index in [0.717, 1.165) is 0 Å². The van der Waals surface area contributed by atoms with Crippen LogP contribution in [0.4, 0.5) is 10.5 Å². The molecule has 0 unspecified atom stereocenters. The van der Waals surface area contributed by atoms with E-state index in [1.54, 1.807) is 23.5 Å². The molecule has 2 N–H and O–H groups in total. The molecule has 22 heavy (non-hydrogen) atoms. The van der Waals surface area contributed by atoms with Crippen LogP contribution in [0.5, 0.6) is 11.5 Å². The van der Waals surface area contributed by atoms with Crippen LogP contribution < -0.4 is 20.1 Å². The van der Waals surface area contributed by atoms with E-state index >= 15 is 0 Å². The minimum absolute atomic E-state index is 0.106. The van der Waals surface area contributed by atoms with Crippen LogP contribution >= 0.6 is 11.3 Å². The molecule has 6 heteroatoms. The Kier molecular flexibility index (Phi) is 3.38.